The van der Waals surface area contributed by atoms with Gasteiger partial charge in [-0.15, -0.1) is 0 Å². The van der Waals surface area contributed by atoms with E-state index in [4.69, 9.17) is 4.74 Å². The van der Waals surface area contributed by atoms with Crippen LogP contribution < -0.4 is 5.32 Å². The fourth-order valence-corrected chi connectivity index (χ4v) is 2.39. The summed E-state index contributed by atoms with van der Waals surface area (Å²) in [4.78, 5) is 27.7. The van der Waals surface area contributed by atoms with Gasteiger partial charge in [0.05, 0.1) is 12.5 Å². The molecule has 1 N–H and O–H groups in total. The highest BCUT2D eigenvalue weighted by atomic mass is 16.5. The normalized spacial score (nSPS) is 18.9. The van der Waals surface area contributed by atoms with E-state index in [0.29, 0.717) is 32.7 Å². The van der Waals surface area contributed by atoms with Crippen molar-refractivity contribution in [2.45, 2.75) is 20.3 Å². The molecule has 1 atom stereocenters. The summed E-state index contributed by atoms with van der Waals surface area (Å²) in [5.74, 6) is -0.174. The van der Waals surface area contributed by atoms with Gasteiger partial charge >= 0.3 is 0 Å². The number of hydrogen-bond donors (Lipinski definition) is 1. The van der Waals surface area contributed by atoms with E-state index in [2.05, 4.69) is 24.1 Å². The van der Waals surface area contributed by atoms with E-state index in [-0.39, 0.29) is 17.7 Å². The highest BCUT2D eigenvalue weighted by molar-refractivity contribution is 5.89. The molecule has 1 fully saturated rings. The Morgan fingerprint density at radius 2 is 2.15 bits per heavy atom. The van der Waals surface area contributed by atoms with Crippen LogP contribution in [-0.4, -0.2) is 74.6 Å². The van der Waals surface area contributed by atoms with E-state index in [0.717, 1.165) is 19.6 Å². The molecule has 0 aliphatic carbocycles. The fraction of sp³-hybridized carbons (Fsp3) is 0.857. The number of methoxy groups -OCH3 is 1. The van der Waals surface area contributed by atoms with Crippen LogP contribution in [0, 0.1) is 5.92 Å². The summed E-state index contributed by atoms with van der Waals surface area (Å²) in [7, 11) is 1.61. The Bertz CT molecular complexity index is 319. The first kappa shape index (κ1) is 16.9. The largest absolute Gasteiger partial charge is 0.383 e. The average Bonchev–Trinajstić information content (AvgIpc) is 2.82. The second-order valence-electron chi connectivity index (χ2n) is 5.05. The Morgan fingerprint density at radius 1 is 1.45 bits per heavy atom. The van der Waals surface area contributed by atoms with Crippen LogP contribution in [0.2, 0.25) is 0 Å². The summed E-state index contributed by atoms with van der Waals surface area (Å²) in [6, 6.07) is 0. The zero-order chi connectivity index (χ0) is 15.0. The predicted octanol–water partition coefficient (Wildman–Crippen LogP) is -0.0607. The highest BCUT2D eigenvalue weighted by Gasteiger charge is 2.33. The first-order valence-corrected chi connectivity index (χ1v) is 7.39. The molecular formula is C14H27N3O3. The third-order valence-corrected chi connectivity index (χ3v) is 3.77. The van der Waals surface area contributed by atoms with E-state index in [1.54, 1.807) is 12.0 Å². The number of likely N-dealkylation sites (tertiary alicyclic amines) is 1. The Balaban J connectivity index is 2.29. The molecule has 0 spiro atoms. The zero-order valence-electron chi connectivity index (χ0n) is 12.9. The number of amides is 2. The number of ether oxygens (including phenoxy) is 1. The van der Waals surface area contributed by atoms with Gasteiger partial charge in [-0.1, -0.05) is 13.8 Å². The van der Waals surface area contributed by atoms with Gasteiger partial charge in [0.15, 0.2) is 0 Å². The van der Waals surface area contributed by atoms with Crippen LogP contribution in [0.15, 0.2) is 0 Å². The van der Waals surface area contributed by atoms with Gasteiger partial charge in [-0.2, -0.15) is 0 Å². The van der Waals surface area contributed by atoms with Crippen LogP contribution in [-0.2, 0) is 14.3 Å². The minimum Gasteiger partial charge on any atom is -0.383 e. The van der Waals surface area contributed by atoms with E-state index >= 15 is 0 Å². The van der Waals surface area contributed by atoms with E-state index in [1.165, 1.54) is 0 Å². The van der Waals surface area contributed by atoms with Gasteiger partial charge in [0.25, 0.3) is 0 Å². The number of carbonyl (C=O) groups excluding carboxylic acids is 2. The molecule has 2 amide bonds. The van der Waals surface area contributed by atoms with Gasteiger partial charge in [-0.3, -0.25) is 9.59 Å². The molecule has 0 saturated carbocycles. The second-order valence-corrected chi connectivity index (χ2v) is 5.05. The number of likely N-dealkylation sites (N-methyl/N-ethyl adjacent to an activating group) is 1. The van der Waals surface area contributed by atoms with Crippen molar-refractivity contribution in [1.82, 2.24) is 15.1 Å². The molecule has 0 bridgehead atoms. The van der Waals surface area contributed by atoms with Crippen LogP contribution in [0.3, 0.4) is 0 Å². The number of rotatable bonds is 9. The molecule has 116 valence electrons. The van der Waals surface area contributed by atoms with Gasteiger partial charge in [0, 0.05) is 39.7 Å². The van der Waals surface area contributed by atoms with Crippen molar-refractivity contribution < 1.29 is 14.3 Å². The third kappa shape index (κ3) is 5.09. The van der Waals surface area contributed by atoms with Crippen LogP contribution >= 0.6 is 0 Å². The average molecular weight is 285 g/mol. The molecule has 1 heterocycles. The number of nitrogens with one attached hydrogen (secondary N) is 1. The van der Waals surface area contributed by atoms with Crippen LogP contribution in [0.25, 0.3) is 0 Å². The Kier molecular flexibility index (Phi) is 7.54. The predicted molar refractivity (Wildman–Crippen MR) is 77.4 cm³/mol. The van der Waals surface area contributed by atoms with Crippen molar-refractivity contribution in [1.29, 1.82) is 0 Å². The first-order chi connectivity index (χ1) is 9.62. The van der Waals surface area contributed by atoms with Crippen LogP contribution in [0.1, 0.15) is 20.3 Å². The maximum absolute atomic E-state index is 12.0. The fourth-order valence-electron chi connectivity index (χ4n) is 2.39. The lowest BCUT2D eigenvalue weighted by atomic mass is 10.1. The molecular weight excluding hydrogens is 258 g/mol. The van der Waals surface area contributed by atoms with Crippen molar-refractivity contribution in [3.8, 4) is 0 Å². The molecule has 0 aromatic heterocycles. The summed E-state index contributed by atoms with van der Waals surface area (Å²) in [5.41, 5.74) is 0. The summed E-state index contributed by atoms with van der Waals surface area (Å²) in [6.07, 6.45) is 0.320. The third-order valence-electron chi connectivity index (χ3n) is 3.77. The summed E-state index contributed by atoms with van der Waals surface area (Å²) >= 11 is 0. The minimum absolute atomic E-state index is 0.00887. The smallest absolute Gasteiger partial charge is 0.225 e. The van der Waals surface area contributed by atoms with Gasteiger partial charge < -0.3 is 19.9 Å². The molecule has 1 aliphatic heterocycles. The van der Waals surface area contributed by atoms with Crippen LogP contribution in [0.5, 0.6) is 0 Å². The Morgan fingerprint density at radius 3 is 2.75 bits per heavy atom. The molecule has 0 aromatic rings. The van der Waals surface area contributed by atoms with Crippen molar-refractivity contribution in [3.63, 3.8) is 0 Å². The van der Waals surface area contributed by atoms with Gasteiger partial charge in [-0.25, -0.2) is 0 Å². The van der Waals surface area contributed by atoms with E-state index in [1.807, 2.05) is 0 Å². The molecule has 1 unspecified atom stereocenters. The minimum atomic E-state index is -0.212. The maximum atomic E-state index is 12.0. The molecule has 6 nitrogen and oxygen atoms in total. The lowest BCUT2D eigenvalue weighted by Gasteiger charge is -2.19. The van der Waals surface area contributed by atoms with E-state index in [9.17, 15) is 9.59 Å². The van der Waals surface area contributed by atoms with Gasteiger partial charge in [0.1, 0.15) is 0 Å². The molecule has 6 heteroatoms. The van der Waals surface area contributed by atoms with Crippen molar-refractivity contribution >= 4 is 11.8 Å². The Labute approximate surface area is 121 Å². The van der Waals surface area contributed by atoms with Crippen molar-refractivity contribution in [2.75, 3.05) is 53.0 Å². The number of nitrogens with zero attached hydrogens (tertiary/aromatic N) is 2. The summed E-state index contributed by atoms with van der Waals surface area (Å²) in [6.45, 7) is 9.28. The topological polar surface area (TPSA) is 61.9 Å². The SMILES string of the molecule is CCN(CC)CCNC(=O)C1CC(=O)N(CCOC)C1. The zero-order valence-corrected chi connectivity index (χ0v) is 12.9. The van der Waals surface area contributed by atoms with Crippen molar-refractivity contribution in [3.05, 3.63) is 0 Å². The lowest BCUT2D eigenvalue weighted by Crippen LogP contribution is -2.38. The van der Waals surface area contributed by atoms with Crippen molar-refractivity contribution in [2.24, 2.45) is 5.92 Å². The highest BCUT2D eigenvalue weighted by Crippen LogP contribution is 2.17. The molecule has 0 radical (unpaired) electrons. The molecule has 1 rings (SSSR count). The standard InChI is InChI=1S/C14H27N3O3/c1-4-16(5-2)7-6-15-14(19)12-10-13(18)17(11-12)8-9-20-3/h12H,4-11H2,1-3H3,(H,15,19). The molecule has 1 aliphatic rings. The lowest BCUT2D eigenvalue weighted by molar-refractivity contribution is -0.129. The summed E-state index contributed by atoms with van der Waals surface area (Å²) in [5, 5.41) is 2.93. The number of hydrogen-bond acceptors (Lipinski definition) is 4. The maximum Gasteiger partial charge on any atom is 0.225 e. The molecule has 20 heavy (non-hydrogen) atoms. The second kappa shape index (κ2) is 8.92. The van der Waals surface area contributed by atoms with Gasteiger partial charge in [-0.05, 0) is 13.1 Å². The number of carbonyl (C=O) groups is 2. The monoisotopic (exact) mass is 285 g/mol. The van der Waals surface area contributed by atoms with Gasteiger partial charge in [0.2, 0.25) is 11.8 Å². The first-order valence-electron chi connectivity index (χ1n) is 7.39. The molecule has 0 aromatic carbocycles. The molecule has 1 saturated heterocycles. The van der Waals surface area contributed by atoms with E-state index < -0.39 is 0 Å². The quantitative estimate of drug-likeness (QED) is 0.645. The van der Waals surface area contributed by atoms with Crippen LogP contribution in [0.4, 0.5) is 0 Å². The Hall–Kier alpha value is -1.14. The summed E-state index contributed by atoms with van der Waals surface area (Å²) < 4.78 is 4.96.